The minimum Gasteiger partial charge on any atom is -0.495 e. The molecule has 0 aliphatic carbocycles. The number of aryl methyl sites for hydroxylation is 1. The molecule has 1 aromatic heterocycles. The van der Waals surface area contributed by atoms with E-state index < -0.39 is 6.03 Å². The van der Waals surface area contributed by atoms with Gasteiger partial charge in [-0.2, -0.15) is 0 Å². The van der Waals surface area contributed by atoms with Crippen molar-refractivity contribution in [3.8, 4) is 5.75 Å². The Balaban J connectivity index is 2.56. The maximum absolute atomic E-state index is 11.7. The molecule has 2 amide bonds. The van der Waals surface area contributed by atoms with Crippen LogP contribution in [0.3, 0.4) is 0 Å². The van der Waals surface area contributed by atoms with Gasteiger partial charge in [0.1, 0.15) is 10.8 Å². The van der Waals surface area contributed by atoms with Crippen molar-refractivity contribution in [1.29, 1.82) is 0 Å². The molecule has 8 heteroatoms. The number of carbonyl (C=O) groups is 1. The Morgan fingerprint density at radius 2 is 2.21 bits per heavy atom. The van der Waals surface area contributed by atoms with Gasteiger partial charge in [-0.05, 0) is 25.1 Å². The van der Waals surface area contributed by atoms with E-state index in [2.05, 4.69) is 10.2 Å². The van der Waals surface area contributed by atoms with E-state index in [4.69, 9.17) is 22.1 Å². The largest absolute Gasteiger partial charge is 0.495 e. The summed E-state index contributed by atoms with van der Waals surface area (Å²) in [6.45, 7) is 1.79. The van der Waals surface area contributed by atoms with Gasteiger partial charge in [0.05, 0.1) is 12.8 Å². The van der Waals surface area contributed by atoms with Gasteiger partial charge in [0.25, 0.3) is 0 Å². The number of nitrogens with two attached hydrogens (primary N) is 1. The first-order chi connectivity index (χ1) is 9.02. The van der Waals surface area contributed by atoms with Crippen molar-refractivity contribution in [2.24, 2.45) is 5.73 Å². The molecule has 0 bridgehead atoms. The van der Waals surface area contributed by atoms with Crippen molar-refractivity contribution in [2.75, 3.05) is 12.0 Å². The predicted molar refractivity (Wildman–Crippen MR) is 74.4 cm³/mol. The van der Waals surface area contributed by atoms with Crippen LogP contribution in [0, 0.1) is 6.92 Å². The number of aromatic nitrogens is 2. The van der Waals surface area contributed by atoms with E-state index in [1.165, 1.54) is 23.3 Å². The zero-order valence-electron chi connectivity index (χ0n) is 10.3. The number of hydrogen-bond acceptors (Lipinski definition) is 5. The molecule has 100 valence electrons. The molecule has 0 radical (unpaired) electrons. The van der Waals surface area contributed by atoms with E-state index in [1.54, 1.807) is 25.1 Å². The van der Waals surface area contributed by atoms with Crippen molar-refractivity contribution < 1.29 is 9.53 Å². The molecule has 0 unspecified atom stereocenters. The van der Waals surface area contributed by atoms with Crippen LogP contribution >= 0.6 is 22.9 Å². The van der Waals surface area contributed by atoms with Gasteiger partial charge < -0.3 is 10.5 Å². The summed E-state index contributed by atoms with van der Waals surface area (Å²) in [6.07, 6.45) is 0. The molecule has 2 aromatic rings. The first kappa shape index (κ1) is 13.6. The second-order valence-corrected chi connectivity index (χ2v) is 5.19. The second kappa shape index (κ2) is 5.41. The Labute approximate surface area is 118 Å². The number of methoxy groups -OCH3 is 1. The normalized spacial score (nSPS) is 10.3. The Bertz CT molecular complexity index is 616. The van der Waals surface area contributed by atoms with E-state index in [0.717, 1.165) is 5.01 Å². The minimum absolute atomic E-state index is 0.366. The molecule has 0 saturated carbocycles. The molecular formula is C11H11ClN4O2S. The number of rotatable bonds is 3. The van der Waals surface area contributed by atoms with Crippen LogP contribution in [0.1, 0.15) is 5.01 Å². The summed E-state index contributed by atoms with van der Waals surface area (Å²) < 4.78 is 5.21. The van der Waals surface area contributed by atoms with Crippen molar-refractivity contribution in [3.63, 3.8) is 0 Å². The molecule has 0 aliphatic rings. The summed E-state index contributed by atoms with van der Waals surface area (Å²) in [6, 6.07) is 4.22. The Kier molecular flexibility index (Phi) is 3.87. The number of anilines is 2. The monoisotopic (exact) mass is 298 g/mol. The summed E-state index contributed by atoms with van der Waals surface area (Å²) in [5.41, 5.74) is 5.84. The predicted octanol–water partition coefficient (Wildman–Crippen LogP) is 2.73. The molecule has 19 heavy (non-hydrogen) atoms. The van der Waals surface area contributed by atoms with Crippen LogP contribution in [0.5, 0.6) is 5.75 Å². The van der Waals surface area contributed by atoms with Crippen LogP contribution in [0.25, 0.3) is 0 Å². The highest BCUT2D eigenvalue weighted by Crippen LogP contribution is 2.36. The van der Waals surface area contributed by atoms with Gasteiger partial charge in [0.2, 0.25) is 5.13 Å². The van der Waals surface area contributed by atoms with E-state index in [9.17, 15) is 4.79 Å². The highest BCUT2D eigenvalue weighted by Gasteiger charge is 2.22. The number of carbonyl (C=O) groups excluding carboxylic acids is 1. The van der Waals surface area contributed by atoms with Crippen LogP contribution in [0.2, 0.25) is 5.02 Å². The summed E-state index contributed by atoms with van der Waals surface area (Å²) in [5, 5.41) is 9.33. The fraction of sp³-hybridized carbons (Fsp3) is 0.182. The zero-order chi connectivity index (χ0) is 14.0. The molecule has 0 spiro atoms. The summed E-state index contributed by atoms with van der Waals surface area (Å²) >= 11 is 7.20. The number of amides is 2. The maximum atomic E-state index is 11.7. The third-order valence-corrected chi connectivity index (χ3v) is 3.37. The molecule has 1 heterocycles. The van der Waals surface area contributed by atoms with Crippen LogP contribution in [-0.2, 0) is 0 Å². The van der Waals surface area contributed by atoms with Gasteiger partial charge in [0, 0.05) is 5.02 Å². The molecule has 0 aliphatic heterocycles. The lowest BCUT2D eigenvalue weighted by Crippen LogP contribution is -2.31. The van der Waals surface area contributed by atoms with E-state index >= 15 is 0 Å². The molecule has 0 fully saturated rings. The van der Waals surface area contributed by atoms with Gasteiger partial charge in [-0.1, -0.05) is 22.9 Å². The topological polar surface area (TPSA) is 81.3 Å². The van der Waals surface area contributed by atoms with Gasteiger partial charge in [0.15, 0.2) is 0 Å². The Morgan fingerprint density at radius 1 is 1.47 bits per heavy atom. The van der Waals surface area contributed by atoms with Crippen molar-refractivity contribution >= 4 is 39.8 Å². The highest BCUT2D eigenvalue weighted by atomic mass is 35.5. The molecule has 0 atom stereocenters. The minimum atomic E-state index is -0.684. The number of benzene rings is 1. The van der Waals surface area contributed by atoms with E-state index in [0.29, 0.717) is 21.6 Å². The first-order valence-electron chi connectivity index (χ1n) is 5.26. The second-order valence-electron chi connectivity index (χ2n) is 3.59. The highest BCUT2D eigenvalue weighted by molar-refractivity contribution is 7.15. The zero-order valence-corrected chi connectivity index (χ0v) is 11.8. The van der Waals surface area contributed by atoms with Gasteiger partial charge >= 0.3 is 6.03 Å². The SMILES string of the molecule is COc1ccc(Cl)cc1N(C(N)=O)c1nnc(C)s1. The third-order valence-electron chi connectivity index (χ3n) is 2.31. The summed E-state index contributed by atoms with van der Waals surface area (Å²) in [5.74, 6) is 0.469. The lowest BCUT2D eigenvalue weighted by Gasteiger charge is -2.19. The Morgan fingerprint density at radius 3 is 2.74 bits per heavy atom. The summed E-state index contributed by atoms with van der Waals surface area (Å²) in [7, 11) is 1.50. The first-order valence-corrected chi connectivity index (χ1v) is 6.45. The lowest BCUT2D eigenvalue weighted by molar-refractivity contribution is 0.256. The number of primary amides is 1. The van der Waals surface area contributed by atoms with Crippen molar-refractivity contribution in [1.82, 2.24) is 10.2 Å². The number of halogens is 1. The molecule has 6 nitrogen and oxygen atoms in total. The quantitative estimate of drug-likeness (QED) is 0.944. The third kappa shape index (κ3) is 2.77. The average molecular weight is 299 g/mol. The number of hydrogen-bond donors (Lipinski definition) is 1. The standard InChI is InChI=1S/C11H11ClN4O2S/c1-6-14-15-11(19-6)16(10(13)17)8-5-7(12)3-4-9(8)18-2/h3-5H,1-2H3,(H2,13,17). The van der Waals surface area contributed by atoms with Gasteiger partial charge in [-0.25, -0.2) is 9.69 Å². The van der Waals surface area contributed by atoms with Gasteiger partial charge in [-0.3, -0.25) is 0 Å². The van der Waals surface area contributed by atoms with E-state index in [1.807, 2.05) is 0 Å². The van der Waals surface area contributed by atoms with Crippen LogP contribution in [0.15, 0.2) is 18.2 Å². The van der Waals surface area contributed by atoms with Crippen LogP contribution in [0.4, 0.5) is 15.6 Å². The number of ether oxygens (including phenoxy) is 1. The number of urea groups is 1. The number of nitrogens with zero attached hydrogens (tertiary/aromatic N) is 3. The molecule has 2 rings (SSSR count). The Hall–Kier alpha value is -1.86. The summed E-state index contributed by atoms with van der Waals surface area (Å²) in [4.78, 5) is 12.9. The fourth-order valence-corrected chi connectivity index (χ4v) is 2.40. The van der Waals surface area contributed by atoms with Crippen LogP contribution in [-0.4, -0.2) is 23.3 Å². The van der Waals surface area contributed by atoms with Crippen molar-refractivity contribution in [2.45, 2.75) is 6.92 Å². The van der Waals surface area contributed by atoms with E-state index in [-0.39, 0.29) is 0 Å². The smallest absolute Gasteiger partial charge is 0.325 e. The average Bonchev–Trinajstić information content (AvgIpc) is 2.76. The maximum Gasteiger partial charge on any atom is 0.325 e. The molecule has 1 aromatic carbocycles. The fourth-order valence-electron chi connectivity index (χ4n) is 1.53. The van der Waals surface area contributed by atoms with Crippen LogP contribution < -0.4 is 15.4 Å². The molecule has 0 saturated heterocycles. The molecular weight excluding hydrogens is 288 g/mol. The van der Waals surface area contributed by atoms with Crippen molar-refractivity contribution in [3.05, 3.63) is 28.2 Å². The molecule has 2 N–H and O–H groups in total. The van der Waals surface area contributed by atoms with Gasteiger partial charge in [-0.15, -0.1) is 10.2 Å². The lowest BCUT2D eigenvalue weighted by atomic mass is 10.2.